The van der Waals surface area contributed by atoms with E-state index in [9.17, 15) is 0 Å². The van der Waals surface area contributed by atoms with E-state index < -0.39 is 0 Å². The van der Waals surface area contributed by atoms with Crippen LogP contribution >= 0.6 is 11.8 Å². The number of benzene rings is 1. The Morgan fingerprint density at radius 2 is 1.83 bits per heavy atom. The first-order chi connectivity index (χ1) is 8.78. The van der Waals surface area contributed by atoms with Crippen LogP contribution in [0.4, 0.5) is 0 Å². The fourth-order valence-corrected chi connectivity index (χ4v) is 1.91. The van der Waals surface area contributed by atoms with Crippen LogP contribution in [0.5, 0.6) is 11.5 Å². The number of hydrogen-bond donors (Lipinski definition) is 0. The third kappa shape index (κ3) is 2.56. The fraction of sp³-hybridized carbons (Fsp3) is 0.231. The lowest BCUT2D eigenvalue weighted by molar-refractivity contribution is 0.395. The van der Waals surface area contributed by atoms with Crippen LogP contribution in [0, 0.1) is 0 Å². The molecule has 0 unspecified atom stereocenters. The maximum atomic E-state index is 5.35. The second-order valence-corrected chi connectivity index (χ2v) is 4.35. The maximum absolute atomic E-state index is 5.35. The summed E-state index contributed by atoms with van der Waals surface area (Å²) in [7, 11) is 3.25. The highest BCUT2D eigenvalue weighted by atomic mass is 32.2. The molecule has 2 aromatic rings. The van der Waals surface area contributed by atoms with E-state index in [2.05, 4.69) is 10.2 Å². The Labute approximate surface area is 110 Å². The molecule has 2 rings (SSSR count). The first-order valence-electron chi connectivity index (χ1n) is 5.38. The molecule has 1 aromatic carbocycles. The van der Waals surface area contributed by atoms with Crippen molar-refractivity contribution in [3.63, 3.8) is 0 Å². The van der Waals surface area contributed by atoms with Crippen molar-refractivity contribution in [1.82, 2.24) is 10.2 Å². The first kappa shape index (κ1) is 12.7. The van der Waals surface area contributed by atoms with Crippen molar-refractivity contribution in [3.05, 3.63) is 30.3 Å². The largest absolute Gasteiger partial charge is 0.497 e. The Hall–Kier alpha value is -1.75. The van der Waals surface area contributed by atoms with E-state index in [1.165, 1.54) is 0 Å². The molecule has 94 valence electrons. The smallest absolute Gasteiger partial charge is 0.132 e. The predicted molar refractivity (Wildman–Crippen MR) is 72.4 cm³/mol. The van der Waals surface area contributed by atoms with Crippen molar-refractivity contribution in [2.24, 2.45) is 0 Å². The minimum Gasteiger partial charge on any atom is -0.497 e. The average molecular weight is 262 g/mol. The van der Waals surface area contributed by atoms with Gasteiger partial charge in [0.25, 0.3) is 0 Å². The lowest BCUT2D eigenvalue weighted by Crippen LogP contribution is -1.93. The van der Waals surface area contributed by atoms with Gasteiger partial charge >= 0.3 is 0 Å². The van der Waals surface area contributed by atoms with Gasteiger partial charge in [0.05, 0.1) is 19.9 Å². The zero-order valence-electron chi connectivity index (χ0n) is 10.5. The molecule has 0 aliphatic heterocycles. The molecule has 0 spiro atoms. The van der Waals surface area contributed by atoms with E-state index in [-0.39, 0.29) is 0 Å². The summed E-state index contributed by atoms with van der Waals surface area (Å²) in [6.45, 7) is 0. The Balaban J connectivity index is 2.42. The van der Waals surface area contributed by atoms with Gasteiger partial charge in [-0.2, -0.15) is 0 Å². The SMILES string of the molecule is COc1ccc(-c2ccc(SC)nn2)c(OC)c1. The molecule has 0 amide bonds. The summed E-state index contributed by atoms with van der Waals surface area (Å²) in [5, 5.41) is 9.20. The second-order valence-electron chi connectivity index (χ2n) is 3.53. The second kappa shape index (κ2) is 5.73. The van der Waals surface area contributed by atoms with Crippen LogP contribution in [-0.2, 0) is 0 Å². The topological polar surface area (TPSA) is 44.2 Å². The van der Waals surface area contributed by atoms with Gasteiger partial charge in [-0.05, 0) is 30.5 Å². The molecule has 0 fully saturated rings. The number of aromatic nitrogens is 2. The molecule has 0 atom stereocenters. The summed E-state index contributed by atoms with van der Waals surface area (Å²) in [6.07, 6.45) is 1.97. The lowest BCUT2D eigenvalue weighted by atomic mass is 10.1. The standard InChI is InChI=1S/C13H14N2O2S/c1-16-9-4-5-10(12(8-9)17-2)11-6-7-13(18-3)15-14-11/h4-8H,1-3H3. The fourth-order valence-electron chi connectivity index (χ4n) is 1.58. The zero-order chi connectivity index (χ0) is 13.0. The third-order valence-electron chi connectivity index (χ3n) is 2.53. The van der Waals surface area contributed by atoms with Gasteiger partial charge in [-0.25, -0.2) is 0 Å². The molecule has 0 aliphatic carbocycles. The van der Waals surface area contributed by atoms with Crippen molar-refractivity contribution in [2.45, 2.75) is 5.03 Å². The quantitative estimate of drug-likeness (QED) is 0.793. The number of hydrogen-bond acceptors (Lipinski definition) is 5. The molecular formula is C13H14N2O2S. The van der Waals surface area contributed by atoms with Gasteiger partial charge in [-0.15, -0.1) is 22.0 Å². The Kier molecular flexibility index (Phi) is 4.04. The number of nitrogens with zero attached hydrogens (tertiary/aromatic N) is 2. The van der Waals surface area contributed by atoms with Crippen LogP contribution in [0.2, 0.25) is 0 Å². The highest BCUT2D eigenvalue weighted by Crippen LogP contribution is 2.32. The number of thioether (sulfide) groups is 1. The third-order valence-corrected chi connectivity index (χ3v) is 3.17. The molecule has 4 nitrogen and oxygen atoms in total. The Morgan fingerprint density at radius 3 is 2.39 bits per heavy atom. The van der Waals surface area contributed by atoms with E-state index in [4.69, 9.17) is 9.47 Å². The van der Waals surface area contributed by atoms with Crippen LogP contribution in [0.25, 0.3) is 11.3 Å². The Morgan fingerprint density at radius 1 is 1.00 bits per heavy atom. The van der Waals surface area contributed by atoms with E-state index >= 15 is 0 Å². The summed E-state index contributed by atoms with van der Waals surface area (Å²) in [5.41, 5.74) is 1.69. The highest BCUT2D eigenvalue weighted by Gasteiger charge is 2.09. The first-order valence-corrected chi connectivity index (χ1v) is 6.61. The molecule has 18 heavy (non-hydrogen) atoms. The van der Waals surface area contributed by atoms with Gasteiger partial charge in [-0.3, -0.25) is 0 Å². The van der Waals surface area contributed by atoms with Crippen LogP contribution < -0.4 is 9.47 Å². The van der Waals surface area contributed by atoms with Crippen LogP contribution in [0.1, 0.15) is 0 Å². The monoisotopic (exact) mass is 262 g/mol. The van der Waals surface area contributed by atoms with Crippen molar-refractivity contribution < 1.29 is 9.47 Å². The maximum Gasteiger partial charge on any atom is 0.132 e. The van der Waals surface area contributed by atoms with E-state index in [1.54, 1.807) is 26.0 Å². The Bertz CT molecular complexity index is 529. The summed E-state index contributed by atoms with van der Waals surface area (Å²) in [5.74, 6) is 1.48. The summed E-state index contributed by atoms with van der Waals surface area (Å²) in [6, 6.07) is 9.50. The zero-order valence-corrected chi connectivity index (χ0v) is 11.3. The summed E-state index contributed by atoms with van der Waals surface area (Å²) in [4.78, 5) is 0. The van der Waals surface area contributed by atoms with Gasteiger partial charge in [0, 0.05) is 11.6 Å². The van der Waals surface area contributed by atoms with Crippen LogP contribution in [0.15, 0.2) is 35.4 Å². The molecular weight excluding hydrogens is 248 g/mol. The van der Waals surface area contributed by atoms with Gasteiger partial charge in [-0.1, -0.05) is 0 Å². The van der Waals surface area contributed by atoms with Crippen molar-refractivity contribution >= 4 is 11.8 Å². The summed E-state index contributed by atoms with van der Waals surface area (Å²) >= 11 is 1.56. The average Bonchev–Trinajstić information content (AvgIpc) is 2.46. The van der Waals surface area contributed by atoms with Gasteiger partial charge < -0.3 is 9.47 Å². The number of methoxy groups -OCH3 is 2. The number of ether oxygens (including phenoxy) is 2. The molecule has 0 bridgehead atoms. The molecule has 0 saturated carbocycles. The highest BCUT2D eigenvalue weighted by molar-refractivity contribution is 7.98. The minimum atomic E-state index is 0.723. The van der Waals surface area contributed by atoms with Crippen molar-refractivity contribution in [1.29, 1.82) is 0 Å². The van der Waals surface area contributed by atoms with Gasteiger partial charge in [0.15, 0.2) is 0 Å². The molecule has 0 saturated heterocycles. The van der Waals surface area contributed by atoms with Crippen LogP contribution in [0.3, 0.4) is 0 Å². The molecule has 0 N–H and O–H groups in total. The predicted octanol–water partition coefficient (Wildman–Crippen LogP) is 2.88. The van der Waals surface area contributed by atoms with Crippen molar-refractivity contribution in [3.8, 4) is 22.8 Å². The van der Waals surface area contributed by atoms with E-state index in [0.717, 1.165) is 27.8 Å². The molecule has 1 heterocycles. The van der Waals surface area contributed by atoms with E-state index in [0.29, 0.717) is 0 Å². The van der Waals surface area contributed by atoms with Gasteiger partial charge in [0.2, 0.25) is 0 Å². The van der Waals surface area contributed by atoms with Gasteiger partial charge in [0.1, 0.15) is 16.5 Å². The normalized spacial score (nSPS) is 10.2. The molecule has 0 aliphatic rings. The van der Waals surface area contributed by atoms with Crippen molar-refractivity contribution in [2.75, 3.05) is 20.5 Å². The minimum absolute atomic E-state index is 0.723. The van der Waals surface area contributed by atoms with Crippen LogP contribution in [-0.4, -0.2) is 30.7 Å². The molecule has 5 heteroatoms. The number of rotatable bonds is 4. The molecule has 1 aromatic heterocycles. The molecule has 0 radical (unpaired) electrons. The summed E-state index contributed by atoms with van der Waals surface area (Å²) < 4.78 is 10.5. The lowest BCUT2D eigenvalue weighted by Gasteiger charge is -2.09. The van der Waals surface area contributed by atoms with E-state index in [1.807, 2.05) is 36.6 Å².